The van der Waals surface area contributed by atoms with Gasteiger partial charge in [-0.3, -0.25) is 4.79 Å². The first-order valence-corrected chi connectivity index (χ1v) is 7.58. The van der Waals surface area contributed by atoms with Gasteiger partial charge in [0.15, 0.2) is 0 Å². The van der Waals surface area contributed by atoms with Gasteiger partial charge in [0.2, 0.25) is 0 Å². The molecule has 1 aromatic rings. The van der Waals surface area contributed by atoms with Gasteiger partial charge in [0.1, 0.15) is 0 Å². The first kappa shape index (κ1) is 13.9. The minimum absolute atomic E-state index is 0.00342. The van der Waals surface area contributed by atoms with E-state index in [9.17, 15) is 9.59 Å². The van der Waals surface area contributed by atoms with Crippen LogP contribution in [-0.2, 0) is 0 Å². The Morgan fingerprint density at radius 2 is 1.86 bits per heavy atom. The quantitative estimate of drug-likeness (QED) is 0.890. The highest BCUT2D eigenvalue weighted by Gasteiger charge is 2.26. The Morgan fingerprint density at radius 1 is 1.14 bits per heavy atom. The molecule has 1 atom stereocenters. The van der Waals surface area contributed by atoms with Crippen molar-refractivity contribution in [2.75, 3.05) is 13.1 Å². The molecule has 21 heavy (non-hydrogen) atoms. The van der Waals surface area contributed by atoms with E-state index in [-0.39, 0.29) is 11.9 Å². The van der Waals surface area contributed by atoms with Crippen molar-refractivity contribution in [2.24, 2.45) is 5.73 Å². The molecule has 1 saturated carbocycles. The Bertz CT molecular complexity index is 537. The SMILES string of the molecule is NC(=O)N1CC[C@@H](NC(=O)c2ccc(C3CCC3)cc2)C1. The molecule has 5 heteroatoms. The zero-order valence-corrected chi connectivity index (χ0v) is 12.0. The highest BCUT2D eigenvalue weighted by Crippen LogP contribution is 2.36. The van der Waals surface area contributed by atoms with Crippen LogP contribution < -0.4 is 11.1 Å². The smallest absolute Gasteiger partial charge is 0.314 e. The summed E-state index contributed by atoms with van der Waals surface area (Å²) < 4.78 is 0. The Balaban J connectivity index is 1.56. The molecule has 5 nitrogen and oxygen atoms in total. The van der Waals surface area contributed by atoms with Gasteiger partial charge in [-0.15, -0.1) is 0 Å². The molecular weight excluding hydrogens is 266 g/mol. The van der Waals surface area contributed by atoms with Crippen LogP contribution in [0.4, 0.5) is 4.79 Å². The molecule has 1 heterocycles. The van der Waals surface area contributed by atoms with E-state index in [2.05, 4.69) is 17.4 Å². The van der Waals surface area contributed by atoms with Crippen molar-refractivity contribution in [1.29, 1.82) is 0 Å². The number of hydrogen-bond acceptors (Lipinski definition) is 2. The highest BCUT2D eigenvalue weighted by atomic mass is 16.2. The molecule has 0 spiro atoms. The first-order valence-electron chi connectivity index (χ1n) is 7.58. The largest absolute Gasteiger partial charge is 0.351 e. The number of nitrogens with zero attached hydrogens (tertiary/aromatic N) is 1. The minimum atomic E-state index is -0.420. The number of amides is 3. The van der Waals surface area contributed by atoms with E-state index in [1.807, 2.05) is 12.1 Å². The average Bonchev–Trinajstić information content (AvgIpc) is 2.86. The van der Waals surface area contributed by atoms with Crippen LogP contribution in [0.25, 0.3) is 0 Å². The van der Waals surface area contributed by atoms with Crippen LogP contribution in [0.1, 0.15) is 47.5 Å². The van der Waals surface area contributed by atoms with Gasteiger partial charge < -0.3 is 16.0 Å². The molecule has 1 aliphatic carbocycles. The van der Waals surface area contributed by atoms with Gasteiger partial charge in [0, 0.05) is 24.7 Å². The van der Waals surface area contributed by atoms with E-state index in [1.165, 1.54) is 24.8 Å². The molecule has 3 rings (SSSR count). The molecule has 0 aromatic heterocycles. The molecular formula is C16H21N3O2. The van der Waals surface area contributed by atoms with Gasteiger partial charge in [0.05, 0.1) is 0 Å². The molecule has 1 aliphatic heterocycles. The van der Waals surface area contributed by atoms with E-state index in [0.717, 1.165) is 6.42 Å². The summed E-state index contributed by atoms with van der Waals surface area (Å²) in [4.78, 5) is 24.8. The first-order chi connectivity index (χ1) is 10.1. The number of hydrogen-bond donors (Lipinski definition) is 2. The van der Waals surface area contributed by atoms with Crippen molar-refractivity contribution < 1.29 is 9.59 Å². The Labute approximate surface area is 124 Å². The number of nitrogens with two attached hydrogens (primary N) is 1. The standard InChI is InChI=1S/C16H21N3O2/c17-16(21)19-9-8-14(10-19)18-15(20)13-6-4-12(5-7-13)11-2-1-3-11/h4-7,11,14H,1-3,8-10H2,(H2,17,21)(H,18,20)/t14-/m1/s1. The number of carbonyl (C=O) groups excluding carboxylic acids is 2. The summed E-state index contributed by atoms with van der Waals surface area (Å²) in [6.45, 7) is 1.11. The number of likely N-dealkylation sites (tertiary alicyclic amines) is 1. The Kier molecular flexibility index (Phi) is 3.82. The van der Waals surface area contributed by atoms with Crippen LogP contribution in [0.3, 0.4) is 0 Å². The number of primary amides is 1. The molecule has 2 aliphatic rings. The van der Waals surface area contributed by atoms with Gasteiger partial charge in [-0.25, -0.2) is 4.79 Å². The maximum atomic E-state index is 12.2. The number of nitrogens with one attached hydrogen (secondary N) is 1. The van der Waals surface area contributed by atoms with E-state index in [0.29, 0.717) is 24.6 Å². The Hall–Kier alpha value is -2.04. The molecule has 0 radical (unpaired) electrons. The van der Waals surface area contributed by atoms with Crippen molar-refractivity contribution >= 4 is 11.9 Å². The number of carbonyl (C=O) groups is 2. The molecule has 112 valence electrons. The van der Waals surface area contributed by atoms with E-state index in [4.69, 9.17) is 5.73 Å². The van der Waals surface area contributed by atoms with E-state index in [1.54, 1.807) is 4.90 Å². The lowest BCUT2D eigenvalue weighted by Gasteiger charge is -2.25. The molecule has 0 unspecified atom stereocenters. The summed E-state index contributed by atoms with van der Waals surface area (Å²) in [7, 11) is 0. The second-order valence-corrected chi connectivity index (χ2v) is 5.99. The fourth-order valence-corrected chi connectivity index (χ4v) is 3.00. The van der Waals surface area contributed by atoms with Gasteiger partial charge >= 0.3 is 6.03 Å². The maximum Gasteiger partial charge on any atom is 0.314 e. The lowest BCUT2D eigenvalue weighted by Crippen LogP contribution is -2.40. The maximum absolute atomic E-state index is 12.2. The molecule has 0 bridgehead atoms. The third-order valence-corrected chi connectivity index (χ3v) is 4.58. The van der Waals surface area contributed by atoms with Crippen molar-refractivity contribution in [2.45, 2.75) is 37.6 Å². The minimum Gasteiger partial charge on any atom is -0.351 e. The summed E-state index contributed by atoms with van der Waals surface area (Å²) in [5.74, 6) is 0.604. The second-order valence-electron chi connectivity index (χ2n) is 5.99. The number of benzene rings is 1. The lowest BCUT2D eigenvalue weighted by molar-refractivity contribution is 0.0938. The fourth-order valence-electron chi connectivity index (χ4n) is 3.00. The van der Waals surface area contributed by atoms with Crippen LogP contribution in [-0.4, -0.2) is 36.0 Å². The van der Waals surface area contributed by atoms with Gasteiger partial charge in [0.25, 0.3) is 5.91 Å². The van der Waals surface area contributed by atoms with Crippen molar-refractivity contribution in [3.8, 4) is 0 Å². The number of urea groups is 1. The van der Waals surface area contributed by atoms with Crippen molar-refractivity contribution in [1.82, 2.24) is 10.2 Å². The molecule has 2 fully saturated rings. The summed E-state index contributed by atoms with van der Waals surface area (Å²) in [6, 6.07) is 7.48. The topological polar surface area (TPSA) is 75.4 Å². The van der Waals surface area contributed by atoms with Gasteiger partial charge in [-0.2, -0.15) is 0 Å². The number of rotatable bonds is 3. The average molecular weight is 287 g/mol. The molecule has 1 saturated heterocycles. The van der Waals surface area contributed by atoms with Gasteiger partial charge in [-0.05, 0) is 42.9 Å². The van der Waals surface area contributed by atoms with Crippen LogP contribution in [0.2, 0.25) is 0 Å². The summed E-state index contributed by atoms with van der Waals surface area (Å²) in [5, 5.41) is 2.97. The van der Waals surface area contributed by atoms with Crippen LogP contribution in [0.5, 0.6) is 0 Å². The van der Waals surface area contributed by atoms with E-state index >= 15 is 0 Å². The zero-order valence-electron chi connectivity index (χ0n) is 12.0. The lowest BCUT2D eigenvalue weighted by atomic mass is 9.80. The third kappa shape index (κ3) is 3.01. The third-order valence-electron chi connectivity index (χ3n) is 4.58. The Morgan fingerprint density at radius 3 is 2.38 bits per heavy atom. The predicted molar refractivity (Wildman–Crippen MR) is 80.1 cm³/mol. The fraction of sp³-hybridized carbons (Fsp3) is 0.500. The molecule has 1 aromatic carbocycles. The monoisotopic (exact) mass is 287 g/mol. The van der Waals surface area contributed by atoms with Crippen LogP contribution >= 0.6 is 0 Å². The van der Waals surface area contributed by atoms with Crippen molar-refractivity contribution in [3.63, 3.8) is 0 Å². The normalized spacial score (nSPS) is 21.9. The van der Waals surface area contributed by atoms with Gasteiger partial charge in [-0.1, -0.05) is 18.6 Å². The zero-order chi connectivity index (χ0) is 14.8. The second kappa shape index (κ2) is 5.76. The van der Waals surface area contributed by atoms with Crippen LogP contribution in [0, 0.1) is 0 Å². The summed E-state index contributed by atoms with van der Waals surface area (Å²) in [6.07, 6.45) is 4.59. The summed E-state index contributed by atoms with van der Waals surface area (Å²) in [5.41, 5.74) is 7.25. The van der Waals surface area contributed by atoms with E-state index < -0.39 is 6.03 Å². The summed E-state index contributed by atoms with van der Waals surface area (Å²) >= 11 is 0. The highest BCUT2D eigenvalue weighted by molar-refractivity contribution is 5.94. The van der Waals surface area contributed by atoms with Crippen molar-refractivity contribution in [3.05, 3.63) is 35.4 Å². The molecule has 3 amide bonds. The molecule has 3 N–H and O–H groups in total. The van der Waals surface area contributed by atoms with Crippen LogP contribution in [0.15, 0.2) is 24.3 Å². The predicted octanol–water partition coefficient (Wildman–Crippen LogP) is 1.84.